The fourth-order valence-corrected chi connectivity index (χ4v) is 1.80. The molecule has 0 spiro atoms. The third-order valence-corrected chi connectivity index (χ3v) is 3.08. The lowest BCUT2D eigenvalue weighted by Gasteiger charge is -2.10. The van der Waals surface area contributed by atoms with Crippen molar-refractivity contribution in [2.45, 2.75) is 19.3 Å². The molecule has 1 fully saturated rings. The van der Waals surface area contributed by atoms with E-state index in [1.165, 1.54) is 0 Å². The molecule has 15 heavy (non-hydrogen) atoms. The van der Waals surface area contributed by atoms with E-state index in [4.69, 9.17) is 10.5 Å². The van der Waals surface area contributed by atoms with Crippen LogP contribution in [0.1, 0.15) is 18.4 Å². The van der Waals surface area contributed by atoms with Gasteiger partial charge in [0, 0.05) is 0 Å². The van der Waals surface area contributed by atoms with Crippen molar-refractivity contribution in [3.8, 4) is 5.75 Å². The Balaban J connectivity index is 2.08. The lowest BCUT2D eigenvalue weighted by Crippen LogP contribution is -2.26. The minimum absolute atomic E-state index is 0.168. The van der Waals surface area contributed by atoms with Crippen molar-refractivity contribution in [2.24, 2.45) is 11.1 Å². The summed E-state index contributed by atoms with van der Waals surface area (Å²) in [4.78, 5) is 11.2. The maximum absolute atomic E-state index is 11.2. The lowest BCUT2D eigenvalue weighted by molar-refractivity contribution is -0.123. The molecule has 1 aromatic rings. The summed E-state index contributed by atoms with van der Waals surface area (Å²) in [7, 11) is 1.64. The van der Waals surface area contributed by atoms with Crippen molar-refractivity contribution >= 4 is 5.91 Å². The van der Waals surface area contributed by atoms with Crippen LogP contribution in [0, 0.1) is 5.41 Å². The highest BCUT2D eigenvalue weighted by Crippen LogP contribution is 2.48. The van der Waals surface area contributed by atoms with Crippen molar-refractivity contribution in [1.29, 1.82) is 0 Å². The van der Waals surface area contributed by atoms with Crippen LogP contribution in [0.4, 0.5) is 0 Å². The van der Waals surface area contributed by atoms with Gasteiger partial charge < -0.3 is 10.5 Å². The molecule has 1 saturated carbocycles. The number of benzene rings is 1. The first-order chi connectivity index (χ1) is 7.16. The van der Waals surface area contributed by atoms with Gasteiger partial charge in [-0.25, -0.2) is 0 Å². The van der Waals surface area contributed by atoms with Gasteiger partial charge in [-0.3, -0.25) is 4.79 Å². The van der Waals surface area contributed by atoms with E-state index in [9.17, 15) is 4.79 Å². The number of amides is 1. The minimum Gasteiger partial charge on any atom is -0.497 e. The Hall–Kier alpha value is -1.51. The molecular formula is C12H15NO2. The Morgan fingerprint density at radius 1 is 1.40 bits per heavy atom. The van der Waals surface area contributed by atoms with Crippen molar-refractivity contribution in [3.05, 3.63) is 29.8 Å². The highest BCUT2D eigenvalue weighted by Gasteiger charge is 2.48. The molecule has 0 aromatic heterocycles. The summed E-state index contributed by atoms with van der Waals surface area (Å²) in [6.07, 6.45) is 2.61. The van der Waals surface area contributed by atoms with Gasteiger partial charge in [0.15, 0.2) is 0 Å². The second kappa shape index (κ2) is 3.57. The third kappa shape index (κ3) is 1.96. The van der Waals surface area contributed by atoms with E-state index in [0.29, 0.717) is 0 Å². The van der Waals surface area contributed by atoms with Crippen LogP contribution in [0.5, 0.6) is 5.75 Å². The third-order valence-electron chi connectivity index (χ3n) is 3.08. The average Bonchev–Trinajstić information content (AvgIpc) is 3.00. The van der Waals surface area contributed by atoms with E-state index in [0.717, 1.165) is 30.6 Å². The molecular weight excluding hydrogens is 190 g/mol. The first-order valence-electron chi connectivity index (χ1n) is 5.09. The number of primary amides is 1. The van der Waals surface area contributed by atoms with Crippen LogP contribution >= 0.6 is 0 Å². The van der Waals surface area contributed by atoms with Crippen LogP contribution < -0.4 is 10.5 Å². The SMILES string of the molecule is COc1ccc(CC2(C(N)=O)CC2)cc1. The highest BCUT2D eigenvalue weighted by atomic mass is 16.5. The molecule has 1 aromatic carbocycles. The monoisotopic (exact) mass is 205 g/mol. The molecule has 0 unspecified atom stereocenters. The van der Waals surface area contributed by atoms with Gasteiger partial charge in [0.1, 0.15) is 5.75 Å². The molecule has 0 aliphatic heterocycles. The summed E-state index contributed by atoms with van der Waals surface area (Å²) in [5.41, 5.74) is 6.26. The Labute approximate surface area is 89.2 Å². The summed E-state index contributed by atoms with van der Waals surface area (Å²) in [6, 6.07) is 7.79. The van der Waals surface area contributed by atoms with Crippen molar-refractivity contribution < 1.29 is 9.53 Å². The zero-order valence-corrected chi connectivity index (χ0v) is 8.82. The van der Waals surface area contributed by atoms with E-state index >= 15 is 0 Å². The van der Waals surface area contributed by atoms with Crippen LogP contribution in [0.25, 0.3) is 0 Å². The van der Waals surface area contributed by atoms with Crippen molar-refractivity contribution in [2.75, 3.05) is 7.11 Å². The van der Waals surface area contributed by atoms with Gasteiger partial charge in [-0.05, 0) is 37.0 Å². The normalized spacial score (nSPS) is 17.1. The largest absolute Gasteiger partial charge is 0.497 e. The average molecular weight is 205 g/mol. The molecule has 3 heteroatoms. The number of rotatable bonds is 4. The highest BCUT2D eigenvalue weighted by molar-refractivity contribution is 5.83. The fourth-order valence-electron chi connectivity index (χ4n) is 1.80. The summed E-state index contributed by atoms with van der Waals surface area (Å²) in [6.45, 7) is 0. The number of hydrogen-bond acceptors (Lipinski definition) is 2. The topological polar surface area (TPSA) is 52.3 Å². The Bertz CT molecular complexity index is 366. The molecule has 1 amide bonds. The lowest BCUT2D eigenvalue weighted by atomic mass is 9.96. The predicted octanol–water partition coefficient (Wildman–Crippen LogP) is 1.50. The second-order valence-electron chi connectivity index (χ2n) is 4.17. The van der Waals surface area contributed by atoms with E-state index in [1.54, 1.807) is 7.11 Å². The van der Waals surface area contributed by atoms with Crippen molar-refractivity contribution in [1.82, 2.24) is 0 Å². The zero-order valence-electron chi connectivity index (χ0n) is 8.82. The van der Waals surface area contributed by atoms with Gasteiger partial charge in [0.25, 0.3) is 0 Å². The molecule has 1 aliphatic rings. The molecule has 0 bridgehead atoms. The molecule has 80 valence electrons. The van der Waals surface area contributed by atoms with Crippen LogP contribution in [-0.4, -0.2) is 13.0 Å². The van der Waals surface area contributed by atoms with Gasteiger partial charge in [0.2, 0.25) is 5.91 Å². The Morgan fingerprint density at radius 3 is 2.40 bits per heavy atom. The zero-order chi connectivity index (χ0) is 10.9. The summed E-state index contributed by atoms with van der Waals surface area (Å²) >= 11 is 0. The predicted molar refractivity (Wildman–Crippen MR) is 57.6 cm³/mol. The molecule has 0 atom stereocenters. The second-order valence-corrected chi connectivity index (χ2v) is 4.17. The van der Waals surface area contributed by atoms with Gasteiger partial charge in [-0.2, -0.15) is 0 Å². The number of carbonyl (C=O) groups excluding carboxylic acids is 1. The van der Waals surface area contributed by atoms with E-state index < -0.39 is 0 Å². The van der Waals surface area contributed by atoms with E-state index in [2.05, 4.69) is 0 Å². The number of methoxy groups -OCH3 is 1. The van der Waals surface area contributed by atoms with Crippen LogP contribution in [0.2, 0.25) is 0 Å². The first-order valence-corrected chi connectivity index (χ1v) is 5.09. The number of nitrogens with two attached hydrogens (primary N) is 1. The molecule has 0 saturated heterocycles. The minimum atomic E-state index is -0.255. The molecule has 0 heterocycles. The van der Waals surface area contributed by atoms with Gasteiger partial charge in [-0.15, -0.1) is 0 Å². The quantitative estimate of drug-likeness (QED) is 0.809. The van der Waals surface area contributed by atoms with Gasteiger partial charge >= 0.3 is 0 Å². The van der Waals surface area contributed by atoms with E-state index in [1.807, 2.05) is 24.3 Å². The maximum Gasteiger partial charge on any atom is 0.223 e. The van der Waals surface area contributed by atoms with Gasteiger partial charge in [-0.1, -0.05) is 12.1 Å². The van der Waals surface area contributed by atoms with Crippen molar-refractivity contribution in [3.63, 3.8) is 0 Å². The smallest absolute Gasteiger partial charge is 0.223 e. The fraction of sp³-hybridized carbons (Fsp3) is 0.417. The van der Waals surface area contributed by atoms with Crippen LogP contribution in [0.15, 0.2) is 24.3 Å². The number of ether oxygens (including phenoxy) is 1. The summed E-state index contributed by atoms with van der Waals surface area (Å²) in [5, 5.41) is 0. The molecule has 2 rings (SSSR count). The van der Waals surface area contributed by atoms with Gasteiger partial charge in [0.05, 0.1) is 12.5 Å². The van der Waals surface area contributed by atoms with Crippen LogP contribution in [-0.2, 0) is 11.2 Å². The summed E-state index contributed by atoms with van der Waals surface area (Å²) in [5.74, 6) is 0.668. The Morgan fingerprint density at radius 2 is 2.00 bits per heavy atom. The Kier molecular flexibility index (Phi) is 2.39. The first kappa shape index (κ1) is 10.0. The number of hydrogen-bond donors (Lipinski definition) is 1. The molecule has 3 nitrogen and oxygen atoms in total. The standard InChI is InChI=1S/C12H15NO2/c1-15-10-4-2-9(3-5-10)8-12(6-7-12)11(13)14/h2-5H,6-8H2,1H3,(H2,13,14). The number of carbonyl (C=O) groups is 1. The van der Waals surface area contributed by atoms with Crippen LogP contribution in [0.3, 0.4) is 0 Å². The summed E-state index contributed by atoms with van der Waals surface area (Å²) < 4.78 is 5.07. The molecule has 0 radical (unpaired) electrons. The van der Waals surface area contributed by atoms with E-state index in [-0.39, 0.29) is 11.3 Å². The maximum atomic E-state index is 11.2. The molecule has 1 aliphatic carbocycles. The molecule has 2 N–H and O–H groups in total.